The Morgan fingerprint density at radius 3 is 2.50 bits per heavy atom. The van der Waals surface area contributed by atoms with Crippen LogP contribution in [0, 0.1) is 0 Å². The van der Waals surface area contributed by atoms with E-state index >= 15 is 0 Å². The van der Waals surface area contributed by atoms with Gasteiger partial charge in [-0.25, -0.2) is 8.42 Å². The predicted molar refractivity (Wildman–Crippen MR) is 69.2 cm³/mol. The van der Waals surface area contributed by atoms with Crippen molar-refractivity contribution in [1.29, 1.82) is 0 Å². The molecule has 1 amide bonds. The molecule has 0 aromatic carbocycles. The van der Waals surface area contributed by atoms with E-state index in [-0.39, 0.29) is 29.5 Å². The highest BCUT2D eigenvalue weighted by molar-refractivity contribution is 7.91. The molecule has 18 heavy (non-hydrogen) atoms. The molecule has 0 bridgehead atoms. The second-order valence-corrected chi connectivity index (χ2v) is 7.78. The predicted octanol–water partition coefficient (Wildman–Crippen LogP) is -1.25. The molecule has 0 aromatic rings. The van der Waals surface area contributed by atoms with Crippen LogP contribution in [0.2, 0.25) is 0 Å². The highest BCUT2D eigenvalue weighted by atomic mass is 32.2. The Kier molecular flexibility index (Phi) is 4.27. The van der Waals surface area contributed by atoms with E-state index in [4.69, 9.17) is 0 Å². The summed E-state index contributed by atoms with van der Waals surface area (Å²) in [6.45, 7) is 4.05. The lowest BCUT2D eigenvalue weighted by Gasteiger charge is -2.29. The first-order valence-electron chi connectivity index (χ1n) is 6.83. The summed E-state index contributed by atoms with van der Waals surface area (Å²) in [6, 6.07) is -0.234. The molecule has 0 saturated carbocycles. The number of rotatable bonds is 3. The maximum atomic E-state index is 12.1. The molecule has 6 heteroatoms. The number of carbonyl (C=O) groups is 1. The fourth-order valence-corrected chi connectivity index (χ4v) is 4.53. The number of hydrogen-bond acceptors (Lipinski definition) is 3. The Morgan fingerprint density at radius 2 is 1.94 bits per heavy atom. The van der Waals surface area contributed by atoms with Crippen LogP contribution < -0.4 is 10.2 Å². The molecule has 2 heterocycles. The molecule has 0 radical (unpaired) electrons. The lowest BCUT2D eigenvalue weighted by atomic mass is 10.1. The topological polar surface area (TPSA) is 67.7 Å². The average molecular weight is 275 g/mol. The van der Waals surface area contributed by atoms with E-state index in [1.54, 1.807) is 0 Å². The summed E-state index contributed by atoms with van der Waals surface area (Å²) < 4.78 is 22.7. The van der Waals surface area contributed by atoms with Crippen molar-refractivity contribution < 1.29 is 18.1 Å². The van der Waals surface area contributed by atoms with Gasteiger partial charge in [-0.1, -0.05) is 0 Å². The summed E-state index contributed by atoms with van der Waals surface area (Å²) in [5, 5.41) is 2.89. The van der Waals surface area contributed by atoms with Crippen molar-refractivity contribution in [2.75, 3.05) is 24.6 Å². The van der Waals surface area contributed by atoms with Gasteiger partial charge in [-0.05, 0) is 32.6 Å². The molecule has 2 aliphatic heterocycles. The van der Waals surface area contributed by atoms with Crippen molar-refractivity contribution in [2.45, 2.75) is 44.7 Å². The maximum Gasteiger partial charge on any atom is 0.278 e. The first kappa shape index (κ1) is 13.8. The van der Waals surface area contributed by atoms with Crippen LogP contribution in [0.4, 0.5) is 0 Å². The summed E-state index contributed by atoms with van der Waals surface area (Å²) in [7, 11) is -2.91. The molecule has 0 unspecified atom stereocenters. The van der Waals surface area contributed by atoms with Gasteiger partial charge in [-0.2, -0.15) is 0 Å². The molecule has 0 aliphatic carbocycles. The van der Waals surface area contributed by atoms with Crippen LogP contribution in [0.3, 0.4) is 0 Å². The Balaban J connectivity index is 1.84. The fraction of sp³-hybridized carbons (Fsp3) is 0.917. The van der Waals surface area contributed by atoms with Crippen LogP contribution in [0.5, 0.6) is 0 Å². The van der Waals surface area contributed by atoms with Crippen molar-refractivity contribution in [3.63, 3.8) is 0 Å². The monoisotopic (exact) mass is 275 g/mol. The minimum absolute atomic E-state index is 0.00833. The Bertz CT molecular complexity index is 402. The lowest BCUT2D eigenvalue weighted by Crippen LogP contribution is -3.17. The minimum atomic E-state index is -2.91. The van der Waals surface area contributed by atoms with E-state index in [1.165, 1.54) is 24.2 Å². The standard InChI is InChI=1S/C12H22N2O3S/c1-10(14-6-3-2-4-7-14)12(15)13-11-5-8-18(16,17)9-11/h10-11H,2-9H2,1H3,(H,13,15)/p+1/t10-,11+/m1/s1. The zero-order valence-corrected chi connectivity index (χ0v) is 11.8. The normalized spacial score (nSPS) is 29.9. The number of sulfone groups is 1. The summed E-state index contributed by atoms with van der Waals surface area (Å²) in [5.41, 5.74) is 0. The van der Waals surface area contributed by atoms with E-state index in [2.05, 4.69) is 5.32 Å². The van der Waals surface area contributed by atoms with E-state index in [9.17, 15) is 13.2 Å². The molecule has 2 aliphatic rings. The second kappa shape index (κ2) is 5.57. The molecule has 5 nitrogen and oxygen atoms in total. The summed E-state index contributed by atoms with van der Waals surface area (Å²) in [4.78, 5) is 13.4. The van der Waals surface area contributed by atoms with E-state index in [0.717, 1.165) is 13.1 Å². The smallest absolute Gasteiger partial charge is 0.278 e. The van der Waals surface area contributed by atoms with Gasteiger partial charge in [0.05, 0.1) is 24.6 Å². The zero-order chi connectivity index (χ0) is 13.2. The van der Waals surface area contributed by atoms with Gasteiger partial charge in [0.2, 0.25) is 0 Å². The highest BCUT2D eigenvalue weighted by Crippen LogP contribution is 2.11. The maximum absolute atomic E-state index is 12.1. The molecule has 0 spiro atoms. The Morgan fingerprint density at radius 1 is 1.28 bits per heavy atom. The third kappa shape index (κ3) is 3.45. The van der Waals surface area contributed by atoms with Crippen molar-refractivity contribution >= 4 is 15.7 Å². The van der Waals surface area contributed by atoms with Gasteiger partial charge < -0.3 is 10.2 Å². The van der Waals surface area contributed by atoms with Crippen LogP contribution >= 0.6 is 0 Å². The number of carbonyl (C=O) groups excluding carboxylic acids is 1. The fourth-order valence-electron chi connectivity index (χ4n) is 2.86. The van der Waals surface area contributed by atoms with Crippen LogP contribution in [-0.2, 0) is 14.6 Å². The highest BCUT2D eigenvalue weighted by Gasteiger charge is 2.32. The molecule has 2 saturated heterocycles. The van der Waals surface area contributed by atoms with Crippen molar-refractivity contribution in [3.05, 3.63) is 0 Å². The Hall–Kier alpha value is -0.620. The van der Waals surface area contributed by atoms with Crippen LogP contribution in [0.25, 0.3) is 0 Å². The van der Waals surface area contributed by atoms with Crippen molar-refractivity contribution in [1.82, 2.24) is 5.32 Å². The van der Waals surface area contributed by atoms with Crippen molar-refractivity contribution in [3.8, 4) is 0 Å². The van der Waals surface area contributed by atoms with Gasteiger partial charge in [0, 0.05) is 6.04 Å². The van der Waals surface area contributed by atoms with Gasteiger partial charge in [-0.15, -0.1) is 0 Å². The number of likely N-dealkylation sites (tertiary alicyclic amines) is 1. The van der Waals surface area contributed by atoms with Crippen LogP contribution in [-0.4, -0.2) is 51.0 Å². The SMILES string of the molecule is C[C@H](C(=O)N[C@H]1CCS(=O)(=O)C1)[NH+]1CCCCC1. The van der Waals surface area contributed by atoms with Crippen LogP contribution in [0.15, 0.2) is 0 Å². The van der Waals surface area contributed by atoms with E-state index < -0.39 is 9.84 Å². The summed E-state index contributed by atoms with van der Waals surface area (Å²) in [5.74, 6) is 0.331. The zero-order valence-electron chi connectivity index (χ0n) is 10.9. The first-order chi connectivity index (χ1) is 8.48. The first-order valence-corrected chi connectivity index (χ1v) is 8.65. The number of nitrogens with one attached hydrogen (secondary N) is 2. The number of amides is 1. The minimum Gasteiger partial charge on any atom is -0.347 e. The molecule has 2 N–H and O–H groups in total. The summed E-state index contributed by atoms with van der Waals surface area (Å²) in [6.07, 6.45) is 4.20. The van der Waals surface area contributed by atoms with Gasteiger partial charge in [0.25, 0.3) is 5.91 Å². The third-order valence-corrected chi connectivity index (χ3v) is 5.85. The Labute approximate surface area is 109 Å². The quantitative estimate of drug-likeness (QED) is 0.676. The van der Waals surface area contributed by atoms with Crippen molar-refractivity contribution in [2.24, 2.45) is 0 Å². The van der Waals surface area contributed by atoms with Gasteiger partial charge in [-0.3, -0.25) is 4.79 Å². The molecule has 104 valence electrons. The van der Waals surface area contributed by atoms with Crippen LogP contribution in [0.1, 0.15) is 32.6 Å². The largest absolute Gasteiger partial charge is 0.347 e. The van der Waals surface area contributed by atoms with Gasteiger partial charge in [0.1, 0.15) is 0 Å². The van der Waals surface area contributed by atoms with Gasteiger partial charge >= 0.3 is 0 Å². The third-order valence-electron chi connectivity index (χ3n) is 4.08. The molecular weight excluding hydrogens is 252 g/mol. The molecule has 2 atom stereocenters. The van der Waals surface area contributed by atoms with Gasteiger partial charge in [0.15, 0.2) is 15.9 Å². The number of quaternary nitrogens is 1. The lowest BCUT2D eigenvalue weighted by molar-refractivity contribution is -0.918. The van der Waals surface area contributed by atoms with E-state index in [1.807, 2.05) is 6.92 Å². The molecule has 2 fully saturated rings. The number of hydrogen-bond donors (Lipinski definition) is 2. The molecule has 0 aromatic heterocycles. The number of piperidine rings is 1. The second-order valence-electron chi connectivity index (χ2n) is 5.55. The molecule has 2 rings (SSSR count). The molecular formula is C12H23N2O3S+. The average Bonchev–Trinajstić information content (AvgIpc) is 2.68. The summed E-state index contributed by atoms with van der Waals surface area (Å²) >= 11 is 0. The van der Waals surface area contributed by atoms with E-state index in [0.29, 0.717) is 6.42 Å².